The van der Waals surface area contributed by atoms with Gasteiger partial charge in [0.05, 0.1) is 5.69 Å². The fourth-order valence-corrected chi connectivity index (χ4v) is 4.12. The van der Waals surface area contributed by atoms with Crippen molar-refractivity contribution in [3.05, 3.63) is 89.8 Å². The van der Waals surface area contributed by atoms with Crippen molar-refractivity contribution in [1.82, 2.24) is 5.32 Å². The second-order valence-corrected chi connectivity index (χ2v) is 8.72. The molecule has 4 aromatic rings. The highest BCUT2D eigenvalue weighted by Crippen LogP contribution is 2.29. The van der Waals surface area contributed by atoms with Gasteiger partial charge in [-0.15, -0.1) is 11.3 Å². The number of anilines is 1. The van der Waals surface area contributed by atoms with Gasteiger partial charge in [0.25, 0.3) is 5.91 Å². The zero-order chi connectivity index (χ0) is 22.5. The molecule has 4 rings (SSSR count). The van der Waals surface area contributed by atoms with Crippen molar-refractivity contribution in [2.75, 3.05) is 5.32 Å². The molecule has 1 heterocycles. The van der Waals surface area contributed by atoms with Crippen molar-refractivity contribution in [1.29, 1.82) is 0 Å². The Morgan fingerprint density at radius 3 is 2.44 bits per heavy atom. The lowest BCUT2D eigenvalue weighted by molar-refractivity contribution is -0.118. The number of para-hydroxylation sites is 3. The Labute approximate surface area is 191 Å². The molecule has 0 aliphatic heterocycles. The number of nitrogens with one attached hydrogen (secondary N) is 2. The zero-order valence-corrected chi connectivity index (χ0v) is 18.7. The lowest BCUT2D eigenvalue weighted by Crippen LogP contribution is -2.47. The first-order valence-electron chi connectivity index (χ1n) is 10.4. The van der Waals surface area contributed by atoms with Crippen LogP contribution in [0.1, 0.15) is 24.2 Å². The zero-order valence-electron chi connectivity index (χ0n) is 17.9. The Balaban J connectivity index is 1.50. The molecule has 0 spiro atoms. The molecule has 0 bridgehead atoms. The second-order valence-electron chi connectivity index (χ2n) is 7.77. The summed E-state index contributed by atoms with van der Waals surface area (Å²) in [5.41, 5.74) is 1.07. The highest BCUT2D eigenvalue weighted by Gasteiger charge is 2.25. The quantitative estimate of drug-likeness (QED) is 0.363. The predicted molar refractivity (Wildman–Crippen MR) is 130 cm³/mol. The maximum atomic E-state index is 13.1. The molecule has 32 heavy (non-hydrogen) atoms. The summed E-state index contributed by atoms with van der Waals surface area (Å²) in [6, 6.07) is 23.4. The maximum absolute atomic E-state index is 13.1. The number of fused-ring (bicyclic) bond motifs is 1. The number of hydrogen-bond acceptors (Lipinski definition) is 4. The topological polar surface area (TPSA) is 67.4 Å². The molecule has 0 saturated carbocycles. The molecule has 0 radical (unpaired) electrons. The van der Waals surface area contributed by atoms with Crippen LogP contribution in [0.2, 0.25) is 0 Å². The third kappa shape index (κ3) is 4.98. The van der Waals surface area contributed by atoms with Gasteiger partial charge in [-0.05, 0) is 65.2 Å². The summed E-state index contributed by atoms with van der Waals surface area (Å²) in [4.78, 5) is 26.0. The van der Waals surface area contributed by atoms with E-state index in [4.69, 9.17) is 4.74 Å². The number of ether oxygens (including phenoxy) is 1. The third-order valence-corrected chi connectivity index (χ3v) is 5.96. The number of carbonyl (C=O) groups excluding carboxylic acids is 2. The minimum absolute atomic E-state index is 0.106. The molecular formula is C26H24N2O3S. The van der Waals surface area contributed by atoms with Crippen molar-refractivity contribution < 1.29 is 14.3 Å². The fraction of sp³-hybridized carbons (Fsp3) is 0.154. The highest BCUT2D eigenvalue weighted by atomic mass is 32.1. The molecule has 0 saturated heterocycles. The molecule has 5 nitrogen and oxygen atoms in total. The van der Waals surface area contributed by atoms with E-state index in [9.17, 15) is 9.59 Å². The molecule has 1 aromatic heterocycles. The predicted octanol–water partition coefficient (Wildman–Crippen LogP) is 6.09. The largest absolute Gasteiger partial charge is 0.455 e. The van der Waals surface area contributed by atoms with Gasteiger partial charge in [-0.1, -0.05) is 44.2 Å². The summed E-state index contributed by atoms with van der Waals surface area (Å²) in [5, 5.41) is 8.81. The van der Waals surface area contributed by atoms with Gasteiger partial charge in [-0.2, -0.15) is 0 Å². The number of benzene rings is 3. The van der Waals surface area contributed by atoms with Gasteiger partial charge in [-0.3, -0.25) is 9.59 Å². The second kappa shape index (κ2) is 9.66. The van der Waals surface area contributed by atoms with E-state index >= 15 is 0 Å². The monoisotopic (exact) mass is 444 g/mol. The van der Waals surface area contributed by atoms with Gasteiger partial charge in [0, 0.05) is 10.3 Å². The van der Waals surface area contributed by atoms with Crippen LogP contribution in [0.5, 0.6) is 11.5 Å². The van der Waals surface area contributed by atoms with Crippen LogP contribution in [0.3, 0.4) is 0 Å². The summed E-state index contributed by atoms with van der Waals surface area (Å²) < 4.78 is 7.05. The van der Waals surface area contributed by atoms with Gasteiger partial charge >= 0.3 is 0 Å². The lowest BCUT2D eigenvalue weighted by atomic mass is 10.0. The molecule has 2 amide bonds. The van der Waals surface area contributed by atoms with E-state index < -0.39 is 6.04 Å². The first-order chi connectivity index (χ1) is 15.5. The summed E-state index contributed by atoms with van der Waals surface area (Å²) >= 11 is 1.63. The van der Waals surface area contributed by atoms with Crippen LogP contribution < -0.4 is 15.4 Å². The molecule has 162 valence electrons. The van der Waals surface area contributed by atoms with Gasteiger partial charge in [0.2, 0.25) is 5.91 Å². The minimum atomic E-state index is -0.703. The van der Waals surface area contributed by atoms with E-state index in [1.54, 1.807) is 29.5 Å². The van der Waals surface area contributed by atoms with Crippen LogP contribution in [0.4, 0.5) is 5.69 Å². The minimum Gasteiger partial charge on any atom is -0.455 e. The van der Waals surface area contributed by atoms with Crippen LogP contribution in [0.25, 0.3) is 10.1 Å². The fourth-order valence-electron chi connectivity index (χ4n) is 3.35. The van der Waals surface area contributed by atoms with Crippen LogP contribution in [0.15, 0.2) is 84.2 Å². The average Bonchev–Trinajstić information content (AvgIpc) is 3.27. The Morgan fingerprint density at radius 1 is 0.906 bits per heavy atom. The third-order valence-electron chi connectivity index (χ3n) is 5.07. The normalized spacial score (nSPS) is 11.8. The molecule has 1 atom stereocenters. The van der Waals surface area contributed by atoms with Gasteiger partial charge in [0.15, 0.2) is 5.75 Å². The molecule has 6 heteroatoms. The Morgan fingerprint density at radius 2 is 1.66 bits per heavy atom. The van der Waals surface area contributed by atoms with Crippen LogP contribution in [-0.4, -0.2) is 17.9 Å². The smallest absolute Gasteiger partial charge is 0.251 e. The van der Waals surface area contributed by atoms with Gasteiger partial charge in [-0.25, -0.2) is 0 Å². The molecule has 0 fully saturated rings. The Hall–Kier alpha value is -3.64. The number of thiophene rings is 1. The van der Waals surface area contributed by atoms with E-state index in [0.29, 0.717) is 22.7 Å². The molecule has 0 unspecified atom stereocenters. The van der Waals surface area contributed by atoms with E-state index in [-0.39, 0.29) is 17.7 Å². The first kappa shape index (κ1) is 21.6. The standard InChI is InChI=1S/C26H24N2O3S/c1-17(2)24(28-25(29)19-12-13-23-18(16-19)14-15-32-23)26(30)27-21-10-6-7-11-22(21)31-20-8-4-3-5-9-20/h3-17,24H,1-2H3,(H,27,30)(H,28,29)/t24-/m1/s1. The van der Waals surface area contributed by atoms with E-state index in [2.05, 4.69) is 10.6 Å². The number of carbonyl (C=O) groups is 2. The highest BCUT2D eigenvalue weighted by molar-refractivity contribution is 7.17. The molecule has 0 aliphatic carbocycles. The SMILES string of the molecule is CC(C)[C@@H](NC(=O)c1ccc2sccc2c1)C(=O)Nc1ccccc1Oc1ccccc1. The van der Waals surface area contributed by atoms with Crippen molar-refractivity contribution in [2.24, 2.45) is 5.92 Å². The van der Waals surface area contributed by atoms with E-state index in [1.165, 1.54) is 0 Å². The summed E-state index contributed by atoms with van der Waals surface area (Å²) in [6.07, 6.45) is 0. The molecule has 0 aliphatic rings. The van der Waals surface area contributed by atoms with Crippen molar-refractivity contribution in [3.63, 3.8) is 0 Å². The van der Waals surface area contributed by atoms with Gasteiger partial charge in [0.1, 0.15) is 11.8 Å². The van der Waals surface area contributed by atoms with Crippen LogP contribution >= 0.6 is 11.3 Å². The van der Waals surface area contributed by atoms with Crippen molar-refractivity contribution in [3.8, 4) is 11.5 Å². The van der Waals surface area contributed by atoms with E-state index in [1.807, 2.05) is 79.9 Å². The number of hydrogen-bond donors (Lipinski definition) is 2. The first-order valence-corrected chi connectivity index (χ1v) is 11.3. The van der Waals surface area contributed by atoms with Crippen LogP contribution in [0, 0.1) is 5.92 Å². The van der Waals surface area contributed by atoms with Crippen LogP contribution in [-0.2, 0) is 4.79 Å². The Kier molecular flexibility index (Phi) is 6.52. The molecule has 3 aromatic carbocycles. The summed E-state index contributed by atoms with van der Waals surface area (Å²) in [6.45, 7) is 3.80. The van der Waals surface area contributed by atoms with Crippen molar-refractivity contribution in [2.45, 2.75) is 19.9 Å². The Bertz CT molecular complexity index is 1230. The molecule has 2 N–H and O–H groups in total. The molecular weight excluding hydrogens is 420 g/mol. The van der Waals surface area contributed by atoms with Crippen molar-refractivity contribution >= 4 is 38.9 Å². The maximum Gasteiger partial charge on any atom is 0.251 e. The average molecular weight is 445 g/mol. The van der Waals surface area contributed by atoms with E-state index in [0.717, 1.165) is 10.1 Å². The number of rotatable bonds is 7. The lowest BCUT2D eigenvalue weighted by Gasteiger charge is -2.22. The summed E-state index contributed by atoms with van der Waals surface area (Å²) in [7, 11) is 0. The number of amides is 2. The van der Waals surface area contributed by atoms with Gasteiger partial charge < -0.3 is 15.4 Å². The summed E-state index contributed by atoms with van der Waals surface area (Å²) in [5.74, 6) is 0.524.